The molecule has 0 aliphatic heterocycles. The number of hydrogen-bond donors (Lipinski definition) is 3. The molecule has 2 rings (SSSR count). The Balaban J connectivity index is 2.00. The van der Waals surface area contributed by atoms with Crippen LogP contribution < -0.4 is 21.1 Å². The molecule has 0 heterocycles. The van der Waals surface area contributed by atoms with Gasteiger partial charge in [-0.05, 0) is 49.5 Å². The highest BCUT2D eigenvalue weighted by Crippen LogP contribution is 2.22. The van der Waals surface area contributed by atoms with Gasteiger partial charge in [-0.15, -0.1) is 0 Å². The Morgan fingerprint density at radius 3 is 2.41 bits per heavy atom. The van der Waals surface area contributed by atoms with Crippen molar-refractivity contribution in [2.75, 3.05) is 27.7 Å². The third-order valence-electron chi connectivity index (χ3n) is 4.24. The number of amides is 3. The fraction of sp³-hybridized carbons (Fsp3) is 0.300. The molecule has 4 N–H and O–H groups in total. The molecule has 7 nitrogen and oxygen atoms in total. The molecule has 1 atom stereocenters. The van der Waals surface area contributed by atoms with Gasteiger partial charge in [0.05, 0.1) is 13.2 Å². The number of rotatable bonds is 8. The first-order valence-corrected chi connectivity index (χ1v) is 8.61. The molecule has 0 bridgehead atoms. The van der Waals surface area contributed by atoms with Gasteiger partial charge in [-0.25, -0.2) is 4.79 Å². The third kappa shape index (κ3) is 6.00. The molecule has 7 heteroatoms. The minimum absolute atomic E-state index is 0.0167. The van der Waals surface area contributed by atoms with Crippen molar-refractivity contribution in [3.63, 3.8) is 0 Å². The molecule has 0 saturated heterocycles. The van der Waals surface area contributed by atoms with Gasteiger partial charge in [-0.2, -0.15) is 0 Å². The van der Waals surface area contributed by atoms with Gasteiger partial charge < -0.3 is 26.0 Å². The summed E-state index contributed by atoms with van der Waals surface area (Å²) in [5, 5.41) is 5.49. The molecule has 3 amide bonds. The van der Waals surface area contributed by atoms with Gasteiger partial charge in [0.15, 0.2) is 0 Å². The topological polar surface area (TPSA) is 96.7 Å². The van der Waals surface area contributed by atoms with Gasteiger partial charge in [0.1, 0.15) is 5.75 Å². The molecule has 0 fully saturated rings. The first kappa shape index (κ1) is 20.3. The molecule has 0 saturated carbocycles. The Morgan fingerprint density at radius 1 is 1.11 bits per heavy atom. The van der Waals surface area contributed by atoms with E-state index in [1.54, 1.807) is 31.4 Å². The largest absolute Gasteiger partial charge is 0.497 e. The Bertz CT molecular complexity index is 775. The van der Waals surface area contributed by atoms with Gasteiger partial charge in [0.2, 0.25) is 0 Å². The zero-order valence-corrected chi connectivity index (χ0v) is 15.9. The van der Waals surface area contributed by atoms with Crippen LogP contribution in [-0.2, 0) is 6.54 Å². The highest BCUT2D eigenvalue weighted by Gasteiger charge is 2.16. The quantitative estimate of drug-likeness (QED) is 0.661. The lowest BCUT2D eigenvalue weighted by molar-refractivity contribution is 0.0942. The van der Waals surface area contributed by atoms with Crippen molar-refractivity contribution in [3.8, 4) is 5.75 Å². The molecule has 2 aromatic carbocycles. The zero-order chi connectivity index (χ0) is 19.8. The predicted octanol–water partition coefficient (Wildman–Crippen LogP) is 1.90. The van der Waals surface area contributed by atoms with Crippen molar-refractivity contribution < 1.29 is 14.3 Å². The second-order valence-corrected chi connectivity index (χ2v) is 6.38. The zero-order valence-electron chi connectivity index (χ0n) is 15.9. The summed E-state index contributed by atoms with van der Waals surface area (Å²) < 4.78 is 5.29. The van der Waals surface area contributed by atoms with E-state index in [1.165, 1.54) is 0 Å². The van der Waals surface area contributed by atoms with Crippen molar-refractivity contribution >= 4 is 11.9 Å². The van der Waals surface area contributed by atoms with E-state index < -0.39 is 6.03 Å². The van der Waals surface area contributed by atoms with E-state index in [9.17, 15) is 9.59 Å². The molecule has 144 valence electrons. The van der Waals surface area contributed by atoms with Crippen LogP contribution in [0.1, 0.15) is 27.5 Å². The summed E-state index contributed by atoms with van der Waals surface area (Å²) >= 11 is 0. The fourth-order valence-corrected chi connectivity index (χ4v) is 2.70. The number of benzene rings is 2. The number of likely N-dealkylation sites (N-methyl/N-ethyl adjacent to an activating group) is 1. The highest BCUT2D eigenvalue weighted by molar-refractivity contribution is 5.94. The lowest BCUT2D eigenvalue weighted by Gasteiger charge is -2.25. The number of nitrogens with one attached hydrogen (secondary N) is 2. The maximum absolute atomic E-state index is 12.5. The number of carbonyl (C=O) groups excluding carboxylic acids is 2. The summed E-state index contributed by atoms with van der Waals surface area (Å²) in [6.45, 7) is 0.791. The summed E-state index contributed by atoms with van der Waals surface area (Å²) in [7, 11) is 5.57. The standard InChI is InChI=1S/C20H26N4O3/c1-24(2)18(16-5-4-6-17(11-16)27-3)13-22-19(25)15-9-7-14(8-10-15)12-23-20(21)26/h4-11,18H,12-13H2,1-3H3,(H,22,25)(H3,21,23,26). The van der Waals surface area contributed by atoms with E-state index in [1.807, 2.05) is 43.3 Å². The predicted molar refractivity (Wildman–Crippen MR) is 105 cm³/mol. The van der Waals surface area contributed by atoms with Crippen LogP contribution in [-0.4, -0.2) is 44.6 Å². The van der Waals surface area contributed by atoms with Crippen LogP contribution in [0.2, 0.25) is 0 Å². The lowest BCUT2D eigenvalue weighted by atomic mass is 10.1. The van der Waals surface area contributed by atoms with Crippen molar-refractivity contribution in [1.82, 2.24) is 15.5 Å². The van der Waals surface area contributed by atoms with Crippen LogP contribution >= 0.6 is 0 Å². The molecular weight excluding hydrogens is 344 g/mol. The minimum atomic E-state index is -0.580. The second-order valence-electron chi connectivity index (χ2n) is 6.38. The minimum Gasteiger partial charge on any atom is -0.497 e. The Kier molecular flexibility index (Phi) is 7.19. The third-order valence-corrected chi connectivity index (χ3v) is 4.24. The van der Waals surface area contributed by atoms with E-state index in [0.717, 1.165) is 16.9 Å². The number of nitrogens with two attached hydrogens (primary N) is 1. The SMILES string of the molecule is COc1cccc(C(CNC(=O)c2ccc(CNC(N)=O)cc2)N(C)C)c1. The molecule has 0 radical (unpaired) electrons. The lowest BCUT2D eigenvalue weighted by Crippen LogP contribution is -2.34. The van der Waals surface area contributed by atoms with E-state index in [4.69, 9.17) is 10.5 Å². The number of nitrogens with zero attached hydrogens (tertiary/aromatic N) is 1. The molecule has 0 aliphatic carbocycles. The normalized spacial score (nSPS) is 11.7. The summed E-state index contributed by atoms with van der Waals surface area (Å²) in [6.07, 6.45) is 0. The average Bonchev–Trinajstić information content (AvgIpc) is 2.66. The van der Waals surface area contributed by atoms with Crippen LogP contribution in [0.25, 0.3) is 0 Å². The second kappa shape index (κ2) is 9.59. The van der Waals surface area contributed by atoms with Crippen molar-refractivity contribution in [1.29, 1.82) is 0 Å². The van der Waals surface area contributed by atoms with E-state index in [2.05, 4.69) is 10.6 Å². The molecule has 0 aromatic heterocycles. The van der Waals surface area contributed by atoms with Crippen molar-refractivity contribution in [3.05, 3.63) is 65.2 Å². The van der Waals surface area contributed by atoms with Crippen molar-refractivity contribution in [2.24, 2.45) is 5.73 Å². The number of methoxy groups -OCH3 is 1. The number of carbonyl (C=O) groups is 2. The van der Waals surface area contributed by atoms with E-state index in [0.29, 0.717) is 18.7 Å². The Labute approximate surface area is 159 Å². The number of urea groups is 1. The highest BCUT2D eigenvalue weighted by atomic mass is 16.5. The molecule has 0 aliphatic rings. The van der Waals surface area contributed by atoms with Gasteiger partial charge in [0.25, 0.3) is 5.91 Å². The number of hydrogen-bond acceptors (Lipinski definition) is 4. The summed E-state index contributed by atoms with van der Waals surface area (Å²) in [5.41, 5.74) is 7.54. The molecule has 27 heavy (non-hydrogen) atoms. The number of ether oxygens (including phenoxy) is 1. The summed E-state index contributed by atoms with van der Waals surface area (Å²) in [5.74, 6) is 0.630. The van der Waals surface area contributed by atoms with Gasteiger partial charge in [0, 0.05) is 18.7 Å². The van der Waals surface area contributed by atoms with Crippen LogP contribution in [0.4, 0.5) is 4.79 Å². The van der Waals surface area contributed by atoms with Crippen LogP contribution in [0, 0.1) is 0 Å². The molecule has 1 unspecified atom stereocenters. The van der Waals surface area contributed by atoms with Gasteiger partial charge in [-0.1, -0.05) is 24.3 Å². The van der Waals surface area contributed by atoms with E-state index >= 15 is 0 Å². The first-order chi connectivity index (χ1) is 12.9. The maximum atomic E-state index is 12.5. The molecule has 0 spiro atoms. The first-order valence-electron chi connectivity index (χ1n) is 8.61. The fourth-order valence-electron chi connectivity index (χ4n) is 2.70. The molecular formula is C20H26N4O3. The monoisotopic (exact) mass is 370 g/mol. The smallest absolute Gasteiger partial charge is 0.312 e. The average molecular weight is 370 g/mol. The van der Waals surface area contributed by atoms with Crippen molar-refractivity contribution in [2.45, 2.75) is 12.6 Å². The van der Waals surface area contributed by atoms with E-state index in [-0.39, 0.29) is 11.9 Å². The van der Waals surface area contributed by atoms with Crippen LogP contribution in [0.5, 0.6) is 5.75 Å². The summed E-state index contributed by atoms with van der Waals surface area (Å²) in [6, 6.07) is 14.3. The Morgan fingerprint density at radius 2 is 1.81 bits per heavy atom. The Hall–Kier alpha value is -3.06. The summed E-state index contributed by atoms with van der Waals surface area (Å²) in [4.78, 5) is 25.3. The van der Waals surface area contributed by atoms with Crippen LogP contribution in [0.15, 0.2) is 48.5 Å². The number of primary amides is 1. The van der Waals surface area contributed by atoms with Crippen LogP contribution in [0.3, 0.4) is 0 Å². The van der Waals surface area contributed by atoms with Gasteiger partial charge in [-0.3, -0.25) is 4.79 Å². The van der Waals surface area contributed by atoms with Gasteiger partial charge >= 0.3 is 6.03 Å². The maximum Gasteiger partial charge on any atom is 0.312 e. The molecule has 2 aromatic rings.